The van der Waals surface area contributed by atoms with Gasteiger partial charge >= 0.3 is 0 Å². The second-order valence-corrected chi connectivity index (χ2v) is 2.73. The number of rotatable bonds is 1. The highest BCUT2D eigenvalue weighted by Gasteiger charge is 1.78. The number of hydrogen-bond acceptors (Lipinski definition) is 2. The molecule has 2 nitrogen and oxygen atoms in total. The van der Waals surface area contributed by atoms with E-state index in [1.54, 1.807) is 0 Å². The van der Waals surface area contributed by atoms with Crippen molar-refractivity contribution in [2.75, 3.05) is 14.1 Å². The van der Waals surface area contributed by atoms with Crippen LogP contribution in [0.1, 0.15) is 0 Å². The van der Waals surface area contributed by atoms with E-state index in [0.29, 0.717) is 0 Å². The number of nitrogens with one attached hydrogen (secondary N) is 2. The molecule has 0 aliphatic rings. The van der Waals surface area contributed by atoms with E-state index in [4.69, 9.17) is 34.8 Å². The predicted molar refractivity (Wildman–Crippen MR) is 39.5 cm³/mol. The molecule has 5 heteroatoms. The summed E-state index contributed by atoms with van der Waals surface area (Å²) in [5.41, 5.74) is 5.36. The van der Waals surface area contributed by atoms with Gasteiger partial charge in [0.1, 0.15) is 0 Å². The molecular weight excluding hydrogens is 170 g/mol. The van der Waals surface area contributed by atoms with Crippen molar-refractivity contribution in [2.24, 2.45) is 0 Å². The average Bonchev–Trinajstić information content (AvgIpc) is 1.65. The Morgan fingerprint density at radius 2 is 1.12 bits per heavy atom. The van der Waals surface area contributed by atoms with Crippen LogP contribution >= 0.6 is 34.8 Å². The van der Waals surface area contributed by atoms with E-state index >= 15 is 0 Å². The molecule has 0 bridgehead atoms. The highest BCUT2D eigenvalue weighted by molar-refractivity contribution is 6.63. The zero-order valence-electron chi connectivity index (χ0n) is 4.71. The van der Waals surface area contributed by atoms with E-state index in [1.807, 2.05) is 14.1 Å². The van der Waals surface area contributed by atoms with Crippen molar-refractivity contribution in [2.45, 2.75) is 4.30 Å². The normalized spacial score (nSPS) is 8.25. The largest absolute Gasteiger partial charge is 0.261 e. The van der Waals surface area contributed by atoms with Gasteiger partial charge in [-0.3, -0.25) is 10.9 Å². The molecule has 0 atom stereocenters. The standard InChI is InChI=1S/C2H8N2.CHCl3/c1-3-4-2;2-1(3)4/h3-4H,1-2H3;1H. The van der Waals surface area contributed by atoms with Gasteiger partial charge < -0.3 is 0 Å². The summed E-state index contributed by atoms with van der Waals surface area (Å²) >= 11 is 14.4. The lowest BCUT2D eigenvalue weighted by Gasteiger charge is -1.81. The first-order valence-electron chi connectivity index (χ1n) is 1.90. The number of halogens is 3. The molecule has 0 unspecified atom stereocenters. The molecule has 0 fully saturated rings. The molecule has 2 N–H and O–H groups in total. The fourth-order valence-corrected chi connectivity index (χ4v) is 0. The maximum Gasteiger partial charge on any atom is 0.180 e. The number of hydrogen-bond donors (Lipinski definition) is 2. The van der Waals surface area contributed by atoms with Gasteiger partial charge in [-0.2, -0.15) is 0 Å². The molecule has 0 heterocycles. The van der Waals surface area contributed by atoms with Crippen LogP contribution in [0.2, 0.25) is 0 Å². The Bertz CT molecular complexity index is 29.0. The van der Waals surface area contributed by atoms with Gasteiger partial charge in [0.25, 0.3) is 0 Å². The van der Waals surface area contributed by atoms with Crippen LogP contribution in [-0.4, -0.2) is 18.4 Å². The van der Waals surface area contributed by atoms with Gasteiger partial charge in [-0.05, 0) is 14.1 Å². The summed E-state index contributed by atoms with van der Waals surface area (Å²) in [5, 5.41) is 0. The van der Waals surface area contributed by atoms with Gasteiger partial charge in [-0.1, -0.05) is 34.8 Å². The van der Waals surface area contributed by atoms with E-state index in [2.05, 4.69) is 10.9 Å². The van der Waals surface area contributed by atoms with Gasteiger partial charge in [0, 0.05) is 0 Å². The maximum absolute atomic E-state index is 4.81. The average molecular weight is 179 g/mol. The van der Waals surface area contributed by atoms with Crippen molar-refractivity contribution >= 4 is 34.8 Å². The van der Waals surface area contributed by atoms with Crippen LogP contribution < -0.4 is 10.9 Å². The first kappa shape index (κ1) is 11.6. The van der Waals surface area contributed by atoms with Crippen molar-refractivity contribution in [3.05, 3.63) is 0 Å². The monoisotopic (exact) mass is 178 g/mol. The molecule has 8 heavy (non-hydrogen) atoms. The molecule has 0 amide bonds. The predicted octanol–water partition coefficient (Wildman–Crippen LogP) is 1.33. The molecule has 0 rings (SSSR count). The molecule has 0 aromatic rings. The lowest BCUT2D eigenvalue weighted by Crippen LogP contribution is -2.21. The van der Waals surface area contributed by atoms with Gasteiger partial charge in [0.05, 0.1) is 0 Å². The van der Waals surface area contributed by atoms with Crippen LogP contribution in [0.4, 0.5) is 0 Å². The SMILES string of the molecule is CNNC.ClC(Cl)Cl. The van der Waals surface area contributed by atoms with Crippen molar-refractivity contribution in [3.63, 3.8) is 0 Å². The Morgan fingerprint density at radius 3 is 1.12 bits per heavy atom. The van der Waals surface area contributed by atoms with E-state index in [-0.39, 0.29) is 0 Å². The summed E-state index contributed by atoms with van der Waals surface area (Å²) < 4.78 is -0.750. The minimum Gasteiger partial charge on any atom is -0.261 e. The summed E-state index contributed by atoms with van der Waals surface area (Å²) in [6.45, 7) is 0. The van der Waals surface area contributed by atoms with Crippen LogP contribution in [0.15, 0.2) is 0 Å². The fraction of sp³-hybridized carbons (Fsp3) is 1.00. The van der Waals surface area contributed by atoms with Crippen LogP contribution in [0.5, 0.6) is 0 Å². The molecule has 0 radical (unpaired) electrons. The maximum atomic E-state index is 4.81. The van der Waals surface area contributed by atoms with Gasteiger partial charge in [-0.15, -0.1) is 0 Å². The van der Waals surface area contributed by atoms with Crippen molar-refractivity contribution in [1.29, 1.82) is 0 Å². The Balaban J connectivity index is 0. The summed E-state index contributed by atoms with van der Waals surface area (Å²) in [6.07, 6.45) is 0. The lowest BCUT2D eigenvalue weighted by atomic mass is 11.4. The molecule has 0 aliphatic heterocycles. The zero-order chi connectivity index (χ0) is 6.99. The van der Waals surface area contributed by atoms with Crippen molar-refractivity contribution in [1.82, 2.24) is 10.9 Å². The number of alkyl halides is 3. The molecule has 0 aromatic carbocycles. The van der Waals surface area contributed by atoms with E-state index in [1.165, 1.54) is 0 Å². The van der Waals surface area contributed by atoms with Crippen LogP contribution in [0.25, 0.3) is 0 Å². The molecule has 0 aromatic heterocycles. The summed E-state index contributed by atoms with van der Waals surface area (Å²) in [5.74, 6) is 0. The molecular formula is C3H9Cl3N2. The minimum absolute atomic E-state index is 0.750. The minimum atomic E-state index is -0.750. The second kappa shape index (κ2) is 10.7. The highest BCUT2D eigenvalue weighted by atomic mass is 35.6. The summed E-state index contributed by atoms with van der Waals surface area (Å²) in [6, 6.07) is 0. The summed E-state index contributed by atoms with van der Waals surface area (Å²) in [7, 11) is 3.64. The zero-order valence-corrected chi connectivity index (χ0v) is 6.98. The van der Waals surface area contributed by atoms with Crippen LogP contribution in [0.3, 0.4) is 0 Å². The van der Waals surface area contributed by atoms with Gasteiger partial charge in [0.15, 0.2) is 4.30 Å². The second-order valence-electron chi connectivity index (χ2n) is 0.747. The summed E-state index contributed by atoms with van der Waals surface area (Å²) in [4.78, 5) is 0. The lowest BCUT2D eigenvalue weighted by molar-refractivity contribution is 0.689. The third-order valence-corrected chi connectivity index (χ3v) is 0.250. The Labute approximate surface area is 64.5 Å². The van der Waals surface area contributed by atoms with E-state index in [0.717, 1.165) is 0 Å². The third kappa shape index (κ3) is 71.0. The van der Waals surface area contributed by atoms with Gasteiger partial charge in [-0.25, -0.2) is 0 Å². The van der Waals surface area contributed by atoms with E-state index < -0.39 is 4.30 Å². The number of hydrazine groups is 1. The first-order valence-corrected chi connectivity index (χ1v) is 3.21. The van der Waals surface area contributed by atoms with Crippen molar-refractivity contribution in [3.8, 4) is 0 Å². The smallest absolute Gasteiger partial charge is 0.180 e. The first-order chi connectivity index (χ1) is 3.65. The molecule has 0 spiro atoms. The van der Waals surface area contributed by atoms with Crippen LogP contribution in [-0.2, 0) is 0 Å². The molecule has 52 valence electrons. The fourth-order valence-electron chi connectivity index (χ4n) is 0. The quantitative estimate of drug-likeness (QED) is 0.469. The van der Waals surface area contributed by atoms with Crippen molar-refractivity contribution < 1.29 is 0 Å². The Morgan fingerprint density at radius 1 is 1.00 bits per heavy atom. The molecule has 0 aliphatic carbocycles. The Hall–Kier alpha value is 0.790. The Kier molecular flexibility index (Phi) is 15.5. The molecule has 0 saturated carbocycles. The third-order valence-electron chi connectivity index (χ3n) is 0.250. The topological polar surface area (TPSA) is 24.1 Å². The highest BCUT2D eigenvalue weighted by Crippen LogP contribution is 2.03. The van der Waals surface area contributed by atoms with Crippen LogP contribution in [0, 0.1) is 0 Å². The molecule has 0 saturated heterocycles. The van der Waals surface area contributed by atoms with Gasteiger partial charge in [0.2, 0.25) is 0 Å². The van der Waals surface area contributed by atoms with E-state index in [9.17, 15) is 0 Å².